The second-order valence-corrected chi connectivity index (χ2v) is 4.22. The fourth-order valence-corrected chi connectivity index (χ4v) is 2.13. The maximum atomic E-state index is 11.5. The van der Waals surface area contributed by atoms with Gasteiger partial charge in [0.05, 0.1) is 11.6 Å². The van der Waals surface area contributed by atoms with E-state index in [1.165, 1.54) is 11.3 Å². The van der Waals surface area contributed by atoms with E-state index in [-0.39, 0.29) is 5.43 Å². The van der Waals surface area contributed by atoms with E-state index in [0.29, 0.717) is 12.0 Å². The Labute approximate surface area is 97.4 Å². The van der Waals surface area contributed by atoms with Crippen LogP contribution in [0, 0.1) is 11.3 Å². The molecular formula is C13H9NOS. The van der Waals surface area contributed by atoms with Crippen LogP contribution in [-0.4, -0.2) is 0 Å². The first-order valence-electron chi connectivity index (χ1n) is 4.84. The highest BCUT2D eigenvalue weighted by atomic mass is 32.1. The molecule has 0 atom stereocenters. The molecule has 0 unspecified atom stereocenters. The Morgan fingerprint density at radius 3 is 2.94 bits per heavy atom. The van der Waals surface area contributed by atoms with Crippen LogP contribution in [0.3, 0.4) is 0 Å². The standard InChI is InChI=1S/C13H9NOS/c14-8-11-3-1-2-10(6-11)7-12-9-16-5-4-13(12)15/h1-6,9H,7H2. The monoisotopic (exact) mass is 227 g/mol. The predicted molar refractivity (Wildman–Crippen MR) is 64.6 cm³/mol. The van der Waals surface area contributed by atoms with Crippen molar-refractivity contribution in [2.24, 2.45) is 0 Å². The largest absolute Gasteiger partial charge is 0.290 e. The highest BCUT2D eigenvalue weighted by Gasteiger charge is 2.01. The van der Waals surface area contributed by atoms with Crippen LogP contribution < -0.4 is 5.43 Å². The zero-order valence-electron chi connectivity index (χ0n) is 8.51. The summed E-state index contributed by atoms with van der Waals surface area (Å²) in [6.45, 7) is 0. The average Bonchev–Trinajstić information content (AvgIpc) is 2.32. The molecule has 2 rings (SSSR count). The molecule has 0 bridgehead atoms. The lowest BCUT2D eigenvalue weighted by atomic mass is 10.1. The summed E-state index contributed by atoms with van der Waals surface area (Å²) in [5.74, 6) is 0. The van der Waals surface area contributed by atoms with Gasteiger partial charge in [0.1, 0.15) is 0 Å². The van der Waals surface area contributed by atoms with E-state index in [2.05, 4.69) is 6.07 Å². The van der Waals surface area contributed by atoms with E-state index >= 15 is 0 Å². The van der Waals surface area contributed by atoms with Gasteiger partial charge in [-0.15, -0.1) is 0 Å². The molecule has 2 aromatic rings. The maximum absolute atomic E-state index is 11.5. The first-order valence-corrected chi connectivity index (χ1v) is 5.78. The van der Waals surface area contributed by atoms with Crippen LogP contribution in [0.5, 0.6) is 0 Å². The summed E-state index contributed by atoms with van der Waals surface area (Å²) in [7, 11) is 0. The molecule has 0 aliphatic heterocycles. The van der Waals surface area contributed by atoms with Crippen molar-refractivity contribution in [2.75, 3.05) is 0 Å². The predicted octanol–water partition coefficient (Wildman–Crippen LogP) is 2.57. The molecule has 3 heteroatoms. The van der Waals surface area contributed by atoms with E-state index in [1.54, 1.807) is 17.5 Å². The molecule has 1 heterocycles. The van der Waals surface area contributed by atoms with Crippen molar-refractivity contribution in [1.29, 1.82) is 5.26 Å². The molecule has 0 radical (unpaired) electrons. The number of benzene rings is 1. The summed E-state index contributed by atoms with van der Waals surface area (Å²) in [6, 6.07) is 11.0. The molecule has 78 valence electrons. The Bertz CT molecular complexity index is 595. The Kier molecular flexibility index (Phi) is 3.13. The topological polar surface area (TPSA) is 40.9 Å². The maximum Gasteiger partial charge on any atom is 0.183 e. The lowest BCUT2D eigenvalue weighted by Crippen LogP contribution is -2.05. The highest BCUT2D eigenvalue weighted by Crippen LogP contribution is 2.09. The molecule has 0 spiro atoms. The fourth-order valence-electron chi connectivity index (χ4n) is 1.49. The van der Waals surface area contributed by atoms with Gasteiger partial charge >= 0.3 is 0 Å². The summed E-state index contributed by atoms with van der Waals surface area (Å²) in [4.78, 5) is 11.5. The minimum atomic E-state index is 0.0566. The third kappa shape index (κ3) is 2.36. The zero-order valence-corrected chi connectivity index (χ0v) is 9.33. The van der Waals surface area contributed by atoms with Crippen LogP contribution in [0.4, 0.5) is 0 Å². The molecule has 0 fully saturated rings. The van der Waals surface area contributed by atoms with Gasteiger partial charge in [-0.1, -0.05) is 12.1 Å². The van der Waals surface area contributed by atoms with Crippen molar-refractivity contribution >= 4 is 11.3 Å². The average molecular weight is 227 g/mol. The van der Waals surface area contributed by atoms with E-state index in [1.807, 2.05) is 23.6 Å². The molecule has 16 heavy (non-hydrogen) atoms. The van der Waals surface area contributed by atoms with E-state index < -0.39 is 0 Å². The Balaban J connectivity index is 2.32. The number of rotatable bonds is 2. The first-order chi connectivity index (χ1) is 7.79. The second-order valence-electron chi connectivity index (χ2n) is 3.44. The molecule has 0 aliphatic carbocycles. The van der Waals surface area contributed by atoms with Gasteiger partial charge in [-0.3, -0.25) is 4.79 Å². The fraction of sp³-hybridized carbons (Fsp3) is 0.0769. The normalized spacial score (nSPS) is 9.69. The molecule has 0 amide bonds. The third-order valence-corrected chi connectivity index (χ3v) is 2.99. The molecular weight excluding hydrogens is 218 g/mol. The minimum Gasteiger partial charge on any atom is -0.290 e. The van der Waals surface area contributed by atoms with E-state index in [4.69, 9.17) is 5.26 Å². The summed E-state index contributed by atoms with van der Waals surface area (Å²) in [5.41, 5.74) is 2.46. The van der Waals surface area contributed by atoms with Gasteiger partial charge in [0.15, 0.2) is 5.43 Å². The smallest absolute Gasteiger partial charge is 0.183 e. The van der Waals surface area contributed by atoms with Crippen LogP contribution >= 0.6 is 11.3 Å². The Morgan fingerprint density at radius 2 is 2.19 bits per heavy atom. The van der Waals surface area contributed by atoms with Gasteiger partial charge < -0.3 is 0 Å². The van der Waals surface area contributed by atoms with Gasteiger partial charge in [0.25, 0.3) is 0 Å². The molecule has 0 saturated heterocycles. The third-order valence-electron chi connectivity index (χ3n) is 2.28. The van der Waals surface area contributed by atoms with Gasteiger partial charge in [0, 0.05) is 12.0 Å². The molecule has 0 saturated carbocycles. The van der Waals surface area contributed by atoms with E-state index in [9.17, 15) is 4.79 Å². The quantitative estimate of drug-likeness (QED) is 0.791. The van der Waals surface area contributed by atoms with Crippen molar-refractivity contribution in [3.8, 4) is 6.07 Å². The zero-order chi connectivity index (χ0) is 11.4. The van der Waals surface area contributed by atoms with Crippen molar-refractivity contribution in [3.63, 3.8) is 0 Å². The molecule has 0 aliphatic rings. The second kappa shape index (κ2) is 4.73. The van der Waals surface area contributed by atoms with Crippen LogP contribution in [0.1, 0.15) is 16.7 Å². The van der Waals surface area contributed by atoms with Crippen molar-refractivity contribution < 1.29 is 0 Å². The lowest BCUT2D eigenvalue weighted by Gasteiger charge is -2.00. The summed E-state index contributed by atoms with van der Waals surface area (Å²) in [5, 5.41) is 12.4. The van der Waals surface area contributed by atoms with Gasteiger partial charge in [-0.2, -0.15) is 16.6 Å². The summed E-state index contributed by atoms with van der Waals surface area (Å²) >= 11 is 1.51. The van der Waals surface area contributed by atoms with Crippen molar-refractivity contribution in [1.82, 2.24) is 0 Å². The SMILES string of the molecule is N#Cc1cccc(Cc2csccc2=O)c1. The number of hydrogen-bond acceptors (Lipinski definition) is 3. The van der Waals surface area contributed by atoms with Crippen LogP contribution in [0.25, 0.3) is 0 Å². The summed E-state index contributed by atoms with van der Waals surface area (Å²) in [6.07, 6.45) is 0.589. The number of hydrogen-bond donors (Lipinski definition) is 0. The Hall–Kier alpha value is -1.92. The van der Waals surface area contributed by atoms with Gasteiger partial charge in [-0.05, 0) is 34.5 Å². The van der Waals surface area contributed by atoms with Crippen LogP contribution in [-0.2, 0) is 6.42 Å². The summed E-state index contributed by atoms with van der Waals surface area (Å²) < 4.78 is 0. The van der Waals surface area contributed by atoms with Crippen molar-refractivity contribution in [2.45, 2.75) is 6.42 Å². The number of nitrogens with zero attached hydrogens (tertiary/aromatic N) is 1. The van der Waals surface area contributed by atoms with Gasteiger partial charge in [0.2, 0.25) is 0 Å². The molecule has 2 nitrogen and oxygen atoms in total. The highest BCUT2D eigenvalue weighted by molar-refractivity contribution is 7.07. The molecule has 1 aromatic heterocycles. The van der Waals surface area contributed by atoms with E-state index in [0.717, 1.165) is 11.1 Å². The van der Waals surface area contributed by atoms with Gasteiger partial charge in [-0.25, -0.2) is 0 Å². The van der Waals surface area contributed by atoms with Crippen LogP contribution in [0.15, 0.2) is 45.9 Å². The molecule has 1 aromatic carbocycles. The van der Waals surface area contributed by atoms with Crippen LogP contribution in [0.2, 0.25) is 0 Å². The number of nitriles is 1. The molecule has 0 N–H and O–H groups in total. The lowest BCUT2D eigenvalue weighted by molar-refractivity contribution is 1.18. The first kappa shape index (κ1) is 10.6. The minimum absolute atomic E-state index is 0.0566. The Morgan fingerprint density at radius 1 is 1.31 bits per heavy atom. The van der Waals surface area contributed by atoms with Crippen molar-refractivity contribution in [3.05, 3.63) is 68.0 Å².